The lowest BCUT2D eigenvalue weighted by atomic mass is 10.0. The molecule has 0 bridgehead atoms. The van der Waals surface area contributed by atoms with Crippen LogP contribution in [-0.2, 0) is 23.0 Å². The third-order valence-electron chi connectivity index (χ3n) is 6.58. The van der Waals surface area contributed by atoms with Crippen molar-refractivity contribution in [3.05, 3.63) is 111 Å². The van der Waals surface area contributed by atoms with Crippen LogP contribution in [0.1, 0.15) is 31.9 Å². The summed E-state index contributed by atoms with van der Waals surface area (Å²) in [5, 5.41) is 8.15. The van der Waals surface area contributed by atoms with Gasteiger partial charge in [-0.25, -0.2) is 13.4 Å². The Hall–Kier alpha value is -3.70. The molecular formula is C29H24N4O3S3. The Morgan fingerprint density at radius 1 is 1.03 bits per heavy atom. The summed E-state index contributed by atoms with van der Waals surface area (Å²) in [6.07, 6.45) is 2.30. The largest absolute Gasteiger partial charge is 0.280 e. The predicted molar refractivity (Wildman–Crippen MR) is 157 cm³/mol. The van der Waals surface area contributed by atoms with E-state index in [-0.39, 0.29) is 4.90 Å². The SMILES string of the molecule is Cc1ccc2nc(N(/N=C/c3cccs3)C(=O)c3ccc(S(=O)(=O)N4CCc5ccccc5C4)cc3)sc2c1. The van der Waals surface area contributed by atoms with Gasteiger partial charge in [0.2, 0.25) is 15.2 Å². The number of carbonyl (C=O) groups is 1. The molecule has 0 unspecified atom stereocenters. The maximum absolute atomic E-state index is 13.7. The number of amides is 1. The number of sulfonamides is 1. The van der Waals surface area contributed by atoms with E-state index >= 15 is 0 Å². The van der Waals surface area contributed by atoms with Gasteiger partial charge in [0, 0.05) is 23.5 Å². The van der Waals surface area contributed by atoms with Crippen LogP contribution in [0.3, 0.4) is 0 Å². The first-order chi connectivity index (χ1) is 18.9. The third-order valence-corrected chi connectivity index (χ3v) is 10.2. The smallest absolute Gasteiger partial charge is 0.267 e. The summed E-state index contributed by atoms with van der Waals surface area (Å²) in [4.78, 5) is 19.4. The van der Waals surface area contributed by atoms with Gasteiger partial charge in [0.25, 0.3) is 5.91 Å². The summed E-state index contributed by atoms with van der Waals surface area (Å²) in [5.41, 5.74) is 4.40. The number of thiophene rings is 1. The summed E-state index contributed by atoms with van der Waals surface area (Å²) < 4.78 is 29.2. The average Bonchev–Trinajstić information content (AvgIpc) is 3.63. The van der Waals surface area contributed by atoms with Gasteiger partial charge in [-0.3, -0.25) is 4.79 Å². The van der Waals surface area contributed by atoms with Crippen LogP contribution >= 0.6 is 22.7 Å². The van der Waals surface area contributed by atoms with Gasteiger partial charge >= 0.3 is 0 Å². The minimum atomic E-state index is -3.71. The number of aryl methyl sites for hydroxylation is 1. The zero-order valence-electron chi connectivity index (χ0n) is 21.0. The number of benzene rings is 3. The van der Waals surface area contributed by atoms with Gasteiger partial charge in [-0.15, -0.1) is 11.3 Å². The molecular weight excluding hydrogens is 549 g/mol. The number of carbonyl (C=O) groups excluding carboxylic acids is 1. The molecule has 1 aliphatic rings. The van der Waals surface area contributed by atoms with Gasteiger partial charge in [-0.1, -0.05) is 47.7 Å². The highest BCUT2D eigenvalue weighted by Gasteiger charge is 2.29. The number of hydrogen-bond donors (Lipinski definition) is 0. The van der Waals surface area contributed by atoms with E-state index in [2.05, 4.69) is 10.1 Å². The van der Waals surface area contributed by atoms with Crippen molar-refractivity contribution >= 4 is 60.2 Å². The van der Waals surface area contributed by atoms with Crippen LogP contribution in [0.5, 0.6) is 0 Å². The van der Waals surface area contributed by atoms with Gasteiger partial charge in [0.15, 0.2) is 0 Å². The van der Waals surface area contributed by atoms with Crippen molar-refractivity contribution < 1.29 is 13.2 Å². The number of nitrogens with zero attached hydrogens (tertiary/aromatic N) is 4. The van der Waals surface area contributed by atoms with E-state index in [0.29, 0.717) is 30.2 Å². The molecule has 1 amide bonds. The molecule has 39 heavy (non-hydrogen) atoms. The Labute approximate surface area is 234 Å². The van der Waals surface area contributed by atoms with Crippen LogP contribution < -0.4 is 5.01 Å². The van der Waals surface area contributed by atoms with Crippen LogP contribution in [0.15, 0.2) is 94.2 Å². The van der Waals surface area contributed by atoms with Crippen LogP contribution in [0.25, 0.3) is 10.2 Å². The fourth-order valence-electron chi connectivity index (χ4n) is 4.49. The second-order valence-electron chi connectivity index (χ2n) is 9.23. The van der Waals surface area contributed by atoms with E-state index in [1.54, 1.807) is 6.21 Å². The molecule has 0 N–H and O–H groups in total. The second kappa shape index (κ2) is 10.5. The highest BCUT2D eigenvalue weighted by Crippen LogP contribution is 2.31. The Morgan fingerprint density at radius 2 is 1.82 bits per heavy atom. The average molecular weight is 573 g/mol. The quantitative estimate of drug-likeness (QED) is 0.182. The predicted octanol–water partition coefficient (Wildman–Crippen LogP) is 6.09. The monoisotopic (exact) mass is 572 g/mol. The minimum Gasteiger partial charge on any atom is -0.267 e. The Kier molecular flexibility index (Phi) is 6.86. The first-order valence-electron chi connectivity index (χ1n) is 12.3. The van der Waals surface area contributed by atoms with Crippen molar-refractivity contribution in [3.63, 3.8) is 0 Å². The third kappa shape index (κ3) is 5.16. The molecule has 0 atom stereocenters. The molecule has 0 saturated carbocycles. The lowest BCUT2D eigenvalue weighted by Crippen LogP contribution is -2.36. The molecule has 3 heterocycles. The molecule has 2 aromatic heterocycles. The molecule has 0 aliphatic carbocycles. The summed E-state index contributed by atoms with van der Waals surface area (Å²) in [5.74, 6) is -0.394. The van der Waals surface area contributed by atoms with Crippen LogP contribution in [0.2, 0.25) is 0 Å². The van der Waals surface area contributed by atoms with E-state index in [9.17, 15) is 13.2 Å². The minimum absolute atomic E-state index is 0.155. The van der Waals surface area contributed by atoms with Crippen LogP contribution in [0.4, 0.5) is 5.13 Å². The molecule has 5 aromatic rings. The number of hydrazone groups is 1. The maximum Gasteiger partial charge on any atom is 0.280 e. The molecule has 196 valence electrons. The summed E-state index contributed by atoms with van der Waals surface area (Å²) in [6.45, 7) is 2.76. The summed E-state index contributed by atoms with van der Waals surface area (Å²) in [7, 11) is -3.71. The molecule has 0 spiro atoms. The summed E-state index contributed by atoms with van der Waals surface area (Å²) >= 11 is 2.89. The lowest BCUT2D eigenvalue weighted by Gasteiger charge is -2.28. The Morgan fingerprint density at radius 3 is 2.59 bits per heavy atom. The zero-order valence-corrected chi connectivity index (χ0v) is 23.5. The number of hydrogen-bond acceptors (Lipinski definition) is 7. The van der Waals surface area contributed by atoms with Crippen molar-refractivity contribution in [2.75, 3.05) is 11.6 Å². The van der Waals surface area contributed by atoms with E-state index < -0.39 is 15.9 Å². The first-order valence-corrected chi connectivity index (χ1v) is 15.5. The molecule has 0 radical (unpaired) electrons. The molecule has 3 aromatic carbocycles. The Balaban J connectivity index is 1.29. The van der Waals surface area contributed by atoms with Crippen molar-refractivity contribution in [1.82, 2.24) is 9.29 Å². The topological polar surface area (TPSA) is 82.9 Å². The molecule has 0 fully saturated rings. The van der Waals surface area contributed by atoms with E-state index in [0.717, 1.165) is 26.2 Å². The van der Waals surface area contributed by atoms with Crippen molar-refractivity contribution in [1.29, 1.82) is 0 Å². The number of aromatic nitrogens is 1. The lowest BCUT2D eigenvalue weighted by molar-refractivity contribution is 0.0987. The molecule has 1 aliphatic heterocycles. The van der Waals surface area contributed by atoms with Crippen molar-refractivity contribution in [2.45, 2.75) is 24.8 Å². The molecule has 10 heteroatoms. The number of fused-ring (bicyclic) bond motifs is 2. The van der Waals surface area contributed by atoms with E-state index in [1.807, 2.05) is 66.9 Å². The standard InChI is InChI=1S/C29H24N4O3S3/c1-20-8-13-26-27(17-20)38-29(31-26)33(30-18-24-7-4-16-37-24)28(34)22-9-11-25(12-10-22)39(35,36)32-15-14-21-5-2-3-6-23(21)19-32/h2-13,16-18H,14-15,19H2,1H3/b30-18+. The zero-order chi connectivity index (χ0) is 27.0. The second-order valence-corrected chi connectivity index (χ2v) is 13.2. The molecule has 7 nitrogen and oxygen atoms in total. The normalized spacial score (nSPS) is 14.1. The fraction of sp³-hybridized carbons (Fsp3) is 0.138. The fourth-order valence-corrected chi connectivity index (χ4v) is 7.51. The first kappa shape index (κ1) is 25.6. The van der Waals surface area contributed by atoms with E-state index in [4.69, 9.17) is 0 Å². The van der Waals surface area contributed by atoms with Gasteiger partial charge in [0.05, 0.1) is 21.3 Å². The number of rotatable bonds is 6. The van der Waals surface area contributed by atoms with Gasteiger partial charge in [0.1, 0.15) is 0 Å². The maximum atomic E-state index is 13.7. The van der Waals surface area contributed by atoms with Crippen LogP contribution in [0, 0.1) is 6.92 Å². The van der Waals surface area contributed by atoms with E-state index in [1.165, 1.54) is 61.8 Å². The highest BCUT2D eigenvalue weighted by molar-refractivity contribution is 7.89. The number of anilines is 1. The van der Waals surface area contributed by atoms with Gasteiger partial charge < -0.3 is 0 Å². The Bertz CT molecular complexity index is 1790. The van der Waals surface area contributed by atoms with Crippen molar-refractivity contribution in [2.24, 2.45) is 5.10 Å². The highest BCUT2D eigenvalue weighted by atomic mass is 32.2. The molecule has 0 saturated heterocycles. The van der Waals surface area contributed by atoms with Crippen molar-refractivity contribution in [3.8, 4) is 0 Å². The number of thiazole rings is 1. The van der Waals surface area contributed by atoms with Gasteiger partial charge in [-0.2, -0.15) is 14.4 Å². The van der Waals surface area contributed by atoms with Gasteiger partial charge in [-0.05, 0) is 77.9 Å². The summed E-state index contributed by atoms with van der Waals surface area (Å²) in [6, 6.07) is 23.7. The van der Waals surface area contributed by atoms with Crippen LogP contribution in [-0.4, -0.2) is 36.4 Å². The molecule has 6 rings (SSSR count).